The molecule has 0 unspecified atom stereocenters. The van der Waals surface area contributed by atoms with E-state index in [1.54, 1.807) is 42.7 Å². The van der Waals surface area contributed by atoms with Crippen molar-refractivity contribution in [3.8, 4) is 11.8 Å². The van der Waals surface area contributed by atoms with Crippen molar-refractivity contribution in [2.45, 2.75) is 6.92 Å². The Morgan fingerprint density at radius 3 is 2.67 bits per heavy atom. The van der Waals surface area contributed by atoms with Gasteiger partial charge < -0.3 is 20.2 Å². The van der Waals surface area contributed by atoms with Crippen LogP contribution in [0.4, 0.5) is 17.1 Å². The molecule has 2 aromatic heterocycles. The Balaban J connectivity index is 1.71. The zero-order chi connectivity index (χ0) is 18.8. The van der Waals surface area contributed by atoms with Crippen LogP contribution in [-0.2, 0) is 0 Å². The topological polar surface area (TPSA) is 103 Å². The lowest BCUT2D eigenvalue weighted by molar-refractivity contribution is 0.440. The van der Waals surface area contributed by atoms with E-state index in [0.717, 1.165) is 10.9 Å². The van der Waals surface area contributed by atoms with Gasteiger partial charge in [-0.05, 0) is 48.9 Å². The van der Waals surface area contributed by atoms with Crippen LogP contribution in [0.15, 0.2) is 70.1 Å². The molecule has 134 valence electrons. The highest BCUT2D eigenvalue weighted by Crippen LogP contribution is 2.29. The number of fused-ring (bicyclic) bond motifs is 1. The first-order valence-electron chi connectivity index (χ1n) is 8.25. The molecule has 0 amide bonds. The number of nitrogen functional groups attached to an aromatic ring is 1. The second kappa shape index (κ2) is 6.80. The minimum absolute atomic E-state index is 0.218. The molecule has 7 nitrogen and oxygen atoms in total. The summed E-state index contributed by atoms with van der Waals surface area (Å²) >= 11 is 0. The van der Waals surface area contributed by atoms with Crippen molar-refractivity contribution in [2.75, 3.05) is 11.1 Å². The highest BCUT2D eigenvalue weighted by molar-refractivity contribution is 5.86. The summed E-state index contributed by atoms with van der Waals surface area (Å²) in [6.07, 6.45) is 3.17. The molecule has 4 aromatic rings. The monoisotopic (exact) mass is 360 g/mol. The third-order valence-corrected chi connectivity index (χ3v) is 4.05. The van der Waals surface area contributed by atoms with Gasteiger partial charge >= 0.3 is 11.6 Å². The third-order valence-electron chi connectivity index (χ3n) is 4.05. The molecule has 4 rings (SSSR count). The summed E-state index contributed by atoms with van der Waals surface area (Å²) in [5.74, 6) is 0.479. The van der Waals surface area contributed by atoms with Crippen molar-refractivity contribution in [2.24, 2.45) is 0 Å². The first kappa shape index (κ1) is 16.6. The van der Waals surface area contributed by atoms with Crippen LogP contribution < -0.4 is 21.4 Å². The molecular weight excluding hydrogens is 344 g/mol. The van der Waals surface area contributed by atoms with Crippen LogP contribution in [0.3, 0.4) is 0 Å². The number of ether oxygens (including phenoxy) is 1. The summed E-state index contributed by atoms with van der Waals surface area (Å²) in [4.78, 5) is 20.5. The summed E-state index contributed by atoms with van der Waals surface area (Å²) in [6, 6.07) is 14.3. The van der Waals surface area contributed by atoms with Crippen molar-refractivity contribution in [3.05, 3.63) is 76.9 Å². The van der Waals surface area contributed by atoms with Crippen LogP contribution in [0.5, 0.6) is 11.8 Å². The van der Waals surface area contributed by atoms with E-state index in [9.17, 15) is 4.79 Å². The number of nitrogens with one attached hydrogen (secondary N) is 1. The maximum absolute atomic E-state index is 12.5. The molecule has 0 fully saturated rings. The van der Waals surface area contributed by atoms with E-state index in [4.69, 9.17) is 14.9 Å². The van der Waals surface area contributed by atoms with E-state index in [0.29, 0.717) is 28.4 Å². The lowest BCUT2D eigenvalue weighted by Crippen LogP contribution is -2.09. The molecule has 0 aliphatic carbocycles. The van der Waals surface area contributed by atoms with E-state index in [-0.39, 0.29) is 6.01 Å². The third kappa shape index (κ3) is 3.43. The molecule has 0 atom stereocenters. The Morgan fingerprint density at radius 1 is 1.07 bits per heavy atom. The van der Waals surface area contributed by atoms with Crippen molar-refractivity contribution in [1.82, 2.24) is 9.97 Å². The molecule has 3 N–H and O–H groups in total. The normalized spacial score (nSPS) is 10.7. The molecule has 0 aliphatic heterocycles. The van der Waals surface area contributed by atoms with Gasteiger partial charge in [-0.2, -0.15) is 0 Å². The number of aromatic nitrogens is 2. The second-order valence-electron chi connectivity index (χ2n) is 5.93. The Labute approximate surface area is 154 Å². The number of nitrogens with two attached hydrogens (primary N) is 1. The number of benzene rings is 2. The van der Waals surface area contributed by atoms with Crippen LogP contribution in [-0.4, -0.2) is 9.97 Å². The average molecular weight is 360 g/mol. The van der Waals surface area contributed by atoms with Crippen molar-refractivity contribution in [1.29, 1.82) is 0 Å². The molecule has 27 heavy (non-hydrogen) atoms. The standard InChI is InChI=1S/C20H16N4O3/c1-12-16-7-6-15(26-20-22-8-3-9-23-20)11-17(16)27-19(25)18(12)24-14-5-2-4-13(21)10-14/h2-11,24H,21H2,1H3. The van der Waals surface area contributed by atoms with E-state index in [1.807, 2.05) is 25.1 Å². The zero-order valence-corrected chi connectivity index (χ0v) is 14.5. The van der Waals surface area contributed by atoms with E-state index in [2.05, 4.69) is 15.3 Å². The number of rotatable bonds is 4. The first-order chi connectivity index (χ1) is 13.1. The van der Waals surface area contributed by atoms with Gasteiger partial charge in [0.15, 0.2) is 0 Å². The SMILES string of the molecule is Cc1c(Nc2cccc(N)c2)c(=O)oc2cc(Oc3ncccn3)ccc12. The van der Waals surface area contributed by atoms with Crippen LogP contribution in [0, 0.1) is 6.92 Å². The van der Waals surface area contributed by atoms with Gasteiger partial charge in [0.1, 0.15) is 17.0 Å². The van der Waals surface area contributed by atoms with Gasteiger partial charge in [-0.3, -0.25) is 0 Å². The van der Waals surface area contributed by atoms with Gasteiger partial charge in [-0.15, -0.1) is 0 Å². The lowest BCUT2D eigenvalue weighted by atomic mass is 10.1. The van der Waals surface area contributed by atoms with E-state index < -0.39 is 5.63 Å². The fourth-order valence-corrected chi connectivity index (χ4v) is 2.75. The smallest absolute Gasteiger partial charge is 0.360 e. The molecular formula is C20H16N4O3. The van der Waals surface area contributed by atoms with Crippen LogP contribution >= 0.6 is 0 Å². The molecule has 0 saturated carbocycles. The molecule has 0 saturated heterocycles. The zero-order valence-electron chi connectivity index (χ0n) is 14.5. The van der Waals surface area contributed by atoms with Crippen LogP contribution in [0.25, 0.3) is 11.0 Å². The molecule has 0 bridgehead atoms. The maximum Gasteiger partial charge on any atom is 0.360 e. The van der Waals surface area contributed by atoms with E-state index in [1.165, 1.54) is 0 Å². The minimum Gasteiger partial charge on any atom is -0.424 e. The fourth-order valence-electron chi connectivity index (χ4n) is 2.75. The van der Waals surface area contributed by atoms with Gasteiger partial charge in [-0.1, -0.05) is 6.07 Å². The molecule has 0 aliphatic rings. The van der Waals surface area contributed by atoms with Crippen LogP contribution in [0.1, 0.15) is 5.56 Å². The first-order valence-corrected chi connectivity index (χ1v) is 8.25. The van der Waals surface area contributed by atoms with Crippen LogP contribution in [0.2, 0.25) is 0 Å². The van der Waals surface area contributed by atoms with Gasteiger partial charge in [0, 0.05) is 35.2 Å². The predicted molar refractivity (Wildman–Crippen MR) is 103 cm³/mol. The summed E-state index contributed by atoms with van der Waals surface area (Å²) < 4.78 is 11.1. The van der Waals surface area contributed by atoms with Gasteiger partial charge in [0.25, 0.3) is 0 Å². The number of nitrogens with zero attached hydrogens (tertiary/aromatic N) is 2. The highest BCUT2D eigenvalue weighted by Gasteiger charge is 2.13. The molecule has 0 radical (unpaired) electrons. The summed E-state index contributed by atoms with van der Waals surface area (Å²) in [6.45, 7) is 1.86. The maximum atomic E-state index is 12.5. The predicted octanol–water partition coefficient (Wildman–Crippen LogP) is 4.01. The Hall–Kier alpha value is -3.87. The van der Waals surface area contributed by atoms with Gasteiger partial charge in [0.05, 0.1) is 0 Å². The van der Waals surface area contributed by atoms with Gasteiger partial charge in [-0.25, -0.2) is 14.8 Å². The summed E-state index contributed by atoms with van der Waals surface area (Å²) in [7, 11) is 0. The van der Waals surface area contributed by atoms with E-state index >= 15 is 0 Å². The largest absolute Gasteiger partial charge is 0.424 e. The Bertz CT molecular complexity index is 1170. The quantitative estimate of drug-likeness (QED) is 0.418. The fraction of sp³-hybridized carbons (Fsp3) is 0.0500. The number of hydrogen-bond donors (Lipinski definition) is 2. The Morgan fingerprint density at radius 2 is 1.89 bits per heavy atom. The van der Waals surface area contributed by atoms with Gasteiger partial charge in [0.2, 0.25) is 0 Å². The lowest BCUT2D eigenvalue weighted by Gasteiger charge is -2.11. The number of anilines is 3. The molecule has 7 heteroatoms. The Kier molecular flexibility index (Phi) is 4.18. The molecule has 2 aromatic carbocycles. The molecule has 0 spiro atoms. The minimum atomic E-state index is -0.476. The second-order valence-corrected chi connectivity index (χ2v) is 5.93. The van der Waals surface area contributed by atoms with Crippen molar-refractivity contribution in [3.63, 3.8) is 0 Å². The van der Waals surface area contributed by atoms with Crippen molar-refractivity contribution >= 4 is 28.0 Å². The number of aryl methyl sites for hydroxylation is 1. The average Bonchev–Trinajstić information content (AvgIpc) is 2.66. The summed E-state index contributed by atoms with van der Waals surface area (Å²) in [5, 5.41) is 3.88. The molecule has 2 heterocycles. The number of hydrogen-bond acceptors (Lipinski definition) is 7. The highest BCUT2D eigenvalue weighted by atomic mass is 16.5. The van der Waals surface area contributed by atoms with Crippen molar-refractivity contribution < 1.29 is 9.15 Å². The summed E-state index contributed by atoms with van der Waals surface area (Å²) in [5.41, 5.74) is 8.19.